The smallest absolute Gasteiger partial charge is 0.410 e. The van der Waals surface area contributed by atoms with Gasteiger partial charge in [-0.15, -0.1) is 11.3 Å². The summed E-state index contributed by atoms with van der Waals surface area (Å²) in [4.78, 5) is 15.2. The van der Waals surface area contributed by atoms with Gasteiger partial charge in [0.15, 0.2) is 0 Å². The summed E-state index contributed by atoms with van der Waals surface area (Å²) < 4.78 is 6.61. The van der Waals surface area contributed by atoms with Gasteiger partial charge in [0.25, 0.3) is 0 Å². The molecule has 6 heteroatoms. The van der Waals surface area contributed by atoms with Gasteiger partial charge in [-0.05, 0) is 81.1 Å². The number of amides is 1. The number of likely N-dealkylation sites (tertiary alicyclic amines) is 1. The first-order chi connectivity index (χ1) is 10.7. The van der Waals surface area contributed by atoms with Crippen molar-refractivity contribution in [2.45, 2.75) is 52.2 Å². The van der Waals surface area contributed by atoms with Gasteiger partial charge in [-0.2, -0.15) is 0 Å². The molecule has 1 N–H and O–H groups in total. The predicted octanol–water partition coefficient (Wildman–Crippen LogP) is 4.81. The minimum atomic E-state index is -0.417. The van der Waals surface area contributed by atoms with E-state index < -0.39 is 5.60 Å². The maximum atomic E-state index is 12.1. The fourth-order valence-corrected chi connectivity index (χ4v) is 4.10. The molecule has 0 bridgehead atoms. The van der Waals surface area contributed by atoms with Crippen LogP contribution in [-0.2, 0) is 4.74 Å². The summed E-state index contributed by atoms with van der Waals surface area (Å²) in [5.74, 6) is 0.625. The first kappa shape index (κ1) is 18.7. The van der Waals surface area contributed by atoms with E-state index in [1.165, 1.54) is 8.66 Å². The van der Waals surface area contributed by atoms with E-state index in [4.69, 9.17) is 4.74 Å². The molecule has 1 saturated heterocycles. The standard InChI is InChI=1S/C17H27BrN2O2S/c1-12(14-5-6-15(18)23-14)19-11-13-7-9-20(10-8-13)16(21)22-17(2,3)4/h5-6,12-13,19H,7-11H2,1-4H3. The Bertz CT molecular complexity index is 519. The maximum Gasteiger partial charge on any atom is 0.410 e. The molecule has 2 rings (SSSR count). The lowest BCUT2D eigenvalue weighted by molar-refractivity contribution is 0.0183. The van der Waals surface area contributed by atoms with Gasteiger partial charge in [0.05, 0.1) is 3.79 Å². The van der Waals surface area contributed by atoms with Crippen LogP contribution >= 0.6 is 27.3 Å². The number of thiophene rings is 1. The van der Waals surface area contributed by atoms with Crippen molar-refractivity contribution in [3.05, 3.63) is 20.8 Å². The highest BCUT2D eigenvalue weighted by atomic mass is 79.9. The lowest BCUT2D eigenvalue weighted by Gasteiger charge is -2.33. The Hall–Kier alpha value is -0.590. The first-order valence-corrected chi connectivity index (χ1v) is 9.82. The molecule has 23 heavy (non-hydrogen) atoms. The molecule has 0 aliphatic carbocycles. The molecule has 1 aromatic heterocycles. The second-order valence-corrected chi connectivity index (χ2v) is 9.68. The van der Waals surface area contributed by atoms with E-state index in [2.05, 4.69) is 40.3 Å². The number of carbonyl (C=O) groups excluding carboxylic acids is 1. The minimum Gasteiger partial charge on any atom is -0.444 e. The maximum absolute atomic E-state index is 12.1. The summed E-state index contributed by atoms with van der Waals surface area (Å²) in [7, 11) is 0. The van der Waals surface area contributed by atoms with Crippen molar-refractivity contribution in [3.63, 3.8) is 0 Å². The molecular formula is C17H27BrN2O2S. The lowest BCUT2D eigenvalue weighted by Crippen LogP contribution is -2.43. The van der Waals surface area contributed by atoms with Crippen molar-refractivity contribution < 1.29 is 9.53 Å². The van der Waals surface area contributed by atoms with Crippen molar-refractivity contribution in [1.82, 2.24) is 10.2 Å². The summed E-state index contributed by atoms with van der Waals surface area (Å²) in [6.07, 6.45) is 1.89. The molecule has 1 atom stereocenters. The number of hydrogen-bond acceptors (Lipinski definition) is 4. The van der Waals surface area contributed by atoms with Gasteiger partial charge < -0.3 is 15.0 Å². The summed E-state index contributed by atoms with van der Waals surface area (Å²) in [6.45, 7) is 10.5. The number of halogens is 1. The summed E-state index contributed by atoms with van der Waals surface area (Å²) in [6, 6.07) is 4.63. The highest BCUT2D eigenvalue weighted by Gasteiger charge is 2.26. The second kappa shape index (κ2) is 7.99. The quantitative estimate of drug-likeness (QED) is 0.785. The Balaban J connectivity index is 1.71. The van der Waals surface area contributed by atoms with Gasteiger partial charge in [-0.1, -0.05) is 0 Å². The Morgan fingerprint density at radius 2 is 2.09 bits per heavy atom. The van der Waals surface area contributed by atoms with Crippen LogP contribution in [0.1, 0.15) is 51.5 Å². The summed E-state index contributed by atoms with van der Waals surface area (Å²) in [5, 5.41) is 3.62. The fraction of sp³-hybridized carbons (Fsp3) is 0.706. The van der Waals surface area contributed by atoms with Crippen molar-refractivity contribution in [1.29, 1.82) is 0 Å². The van der Waals surface area contributed by atoms with Crippen LogP contribution in [0.15, 0.2) is 15.9 Å². The number of carbonyl (C=O) groups is 1. The van der Waals surface area contributed by atoms with E-state index in [9.17, 15) is 4.79 Å². The van der Waals surface area contributed by atoms with Gasteiger partial charge in [0, 0.05) is 24.0 Å². The zero-order valence-corrected chi connectivity index (χ0v) is 16.8. The summed E-state index contributed by atoms with van der Waals surface area (Å²) >= 11 is 5.29. The Morgan fingerprint density at radius 3 is 2.61 bits per heavy atom. The third kappa shape index (κ3) is 6.08. The summed E-state index contributed by atoms with van der Waals surface area (Å²) in [5.41, 5.74) is -0.417. The molecule has 0 saturated carbocycles. The SMILES string of the molecule is CC(NCC1CCN(C(=O)OC(C)(C)C)CC1)c1ccc(Br)s1. The lowest BCUT2D eigenvalue weighted by atomic mass is 9.96. The predicted molar refractivity (Wildman–Crippen MR) is 99.0 cm³/mol. The Kier molecular flexibility index (Phi) is 6.51. The van der Waals surface area contributed by atoms with Crippen LogP contribution in [0, 0.1) is 5.92 Å². The van der Waals surface area contributed by atoms with Crippen molar-refractivity contribution >= 4 is 33.4 Å². The van der Waals surface area contributed by atoms with E-state index in [0.717, 1.165) is 32.5 Å². The van der Waals surface area contributed by atoms with E-state index in [-0.39, 0.29) is 6.09 Å². The van der Waals surface area contributed by atoms with E-state index in [1.54, 1.807) is 11.3 Å². The van der Waals surface area contributed by atoms with Crippen molar-refractivity contribution in [2.75, 3.05) is 19.6 Å². The molecule has 130 valence electrons. The molecule has 1 fully saturated rings. The molecule has 2 heterocycles. The van der Waals surface area contributed by atoms with Crippen molar-refractivity contribution in [2.24, 2.45) is 5.92 Å². The Labute approximate surface area is 151 Å². The van der Waals surface area contributed by atoms with Crippen LogP contribution in [0.3, 0.4) is 0 Å². The van der Waals surface area contributed by atoms with E-state index in [1.807, 2.05) is 25.7 Å². The number of piperidine rings is 1. The number of hydrogen-bond donors (Lipinski definition) is 1. The topological polar surface area (TPSA) is 41.6 Å². The monoisotopic (exact) mass is 402 g/mol. The average Bonchev–Trinajstić information content (AvgIpc) is 2.90. The van der Waals surface area contributed by atoms with Gasteiger partial charge in [-0.25, -0.2) is 4.79 Å². The molecule has 1 unspecified atom stereocenters. The normalized spacial score (nSPS) is 18.0. The first-order valence-electron chi connectivity index (χ1n) is 8.21. The highest BCUT2D eigenvalue weighted by Crippen LogP contribution is 2.27. The van der Waals surface area contributed by atoms with Crippen molar-refractivity contribution in [3.8, 4) is 0 Å². The molecular weight excluding hydrogens is 376 g/mol. The highest BCUT2D eigenvalue weighted by molar-refractivity contribution is 9.11. The molecule has 0 aromatic carbocycles. The molecule has 0 radical (unpaired) electrons. The van der Waals surface area contributed by atoms with Crippen LogP contribution in [-0.4, -0.2) is 36.2 Å². The van der Waals surface area contributed by atoms with Crippen LogP contribution in [0.2, 0.25) is 0 Å². The molecule has 4 nitrogen and oxygen atoms in total. The number of nitrogens with zero attached hydrogens (tertiary/aromatic N) is 1. The van der Waals surface area contributed by atoms with Gasteiger partial charge in [0.1, 0.15) is 5.60 Å². The molecule has 1 aliphatic heterocycles. The number of nitrogens with one attached hydrogen (secondary N) is 1. The largest absolute Gasteiger partial charge is 0.444 e. The molecule has 1 aromatic rings. The van der Waals surface area contributed by atoms with E-state index in [0.29, 0.717) is 12.0 Å². The van der Waals surface area contributed by atoms with Crippen LogP contribution in [0.25, 0.3) is 0 Å². The zero-order valence-electron chi connectivity index (χ0n) is 14.4. The van der Waals surface area contributed by atoms with Gasteiger partial charge in [-0.3, -0.25) is 0 Å². The second-order valence-electron chi connectivity index (χ2n) is 7.18. The van der Waals surface area contributed by atoms with Crippen LogP contribution in [0.5, 0.6) is 0 Å². The Morgan fingerprint density at radius 1 is 1.43 bits per heavy atom. The van der Waals surface area contributed by atoms with E-state index >= 15 is 0 Å². The third-order valence-electron chi connectivity index (χ3n) is 4.00. The third-order valence-corrected chi connectivity index (χ3v) is 5.81. The molecule has 1 amide bonds. The fourth-order valence-electron chi connectivity index (χ4n) is 2.65. The molecule has 0 spiro atoms. The van der Waals surface area contributed by atoms with Crippen LogP contribution < -0.4 is 5.32 Å². The van der Waals surface area contributed by atoms with Gasteiger partial charge >= 0.3 is 6.09 Å². The average molecular weight is 403 g/mol. The van der Waals surface area contributed by atoms with Gasteiger partial charge in [0.2, 0.25) is 0 Å². The number of ether oxygens (including phenoxy) is 1. The zero-order chi connectivity index (χ0) is 17.0. The number of rotatable bonds is 4. The molecule has 1 aliphatic rings. The minimum absolute atomic E-state index is 0.180. The van der Waals surface area contributed by atoms with Crippen LogP contribution in [0.4, 0.5) is 4.79 Å².